The molecule has 1 amide bonds. The van der Waals surface area contributed by atoms with Crippen LogP contribution < -0.4 is 16.0 Å². The van der Waals surface area contributed by atoms with E-state index in [0.29, 0.717) is 28.9 Å². The Kier molecular flexibility index (Phi) is 5.45. The van der Waals surface area contributed by atoms with Gasteiger partial charge in [0.15, 0.2) is 0 Å². The first-order chi connectivity index (χ1) is 12.2. The average molecular weight is 341 g/mol. The van der Waals surface area contributed by atoms with Crippen LogP contribution in [-0.4, -0.2) is 42.2 Å². The summed E-state index contributed by atoms with van der Waals surface area (Å²) in [4.78, 5) is 23.3. The Hall–Kier alpha value is -2.67. The van der Waals surface area contributed by atoms with Crippen molar-refractivity contribution in [2.45, 2.75) is 25.3 Å². The molecule has 0 radical (unpaired) electrons. The Balaban J connectivity index is 1.67. The Morgan fingerprint density at radius 2 is 2.12 bits per heavy atom. The zero-order valence-corrected chi connectivity index (χ0v) is 14.3. The smallest absolute Gasteiger partial charge is 0.258 e. The lowest BCUT2D eigenvalue weighted by atomic mass is 10.1. The molecular weight excluding hydrogens is 318 g/mol. The van der Waals surface area contributed by atoms with Crippen molar-refractivity contribution in [2.24, 2.45) is 0 Å². The van der Waals surface area contributed by atoms with Gasteiger partial charge in [0.05, 0.1) is 16.9 Å². The standard InChI is InChI=1S/C18H23N5O2/c1-25-10-8-14-5-4-9-23(14)18-20-11-13(12-21-18)17(24)22-16-7-3-2-6-15(16)19/h2-3,6-7,11-12,14H,4-5,8-10,19H2,1H3,(H,22,24)/t14-/m0/s1. The van der Waals surface area contributed by atoms with E-state index in [1.165, 1.54) is 0 Å². The van der Waals surface area contributed by atoms with Gasteiger partial charge < -0.3 is 20.7 Å². The third-order valence-corrected chi connectivity index (χ3v) is 4.40. The molecule has 25 heavy (non-hydrogen) atoms. The first-order valence-electron chi connectivity index (χ1n) is 8.42. The van der Waals surface area contributed by atoms with E-state index in [9.17, 15) is 4.79 Å². The van der Waals surface area contributed by atoms with Gasteiger partial charge in [0.25, 0.3) is 5.91 Å². The lowest BCUT2D eigenvalue weighted by Crippen LogP contribution is -2.31. The van der Waals surface area contributed by atoms with Crippen molar-refractivity contribution < 1.29 is 9.53 Å². The topological polar surface area (TPSA) is 93.4 Å². The number of hydrogen-bond donors (Lipinski definition) is 2. The summed E-state index contributed by atoms with van der Waals surface area (Å²) >= 11 is 0. The molecule has 0 aliphatic carbocycles. The summed E-state index contributed by atoms with van der Waals surface area (Å²) in [5.41, 5.74) is 7.35. The minimum atomic E-state index is -0.276. The molecule has 1 aromatic carbocycles. The molecular formula is C18H23N5O2. The number of methoxy groups -OCH3 is 1. The number of nitrogens with zero attached hydrogens (tertiary/aromatic N) is 3. The van der Waals surface area contributed by atoms with E-state index >= 15 is 0 Å². The Bertz CT molecular complexity index is 720. The number of nitrogen functional groups attached to an aromatic ring is 1. The molecule has 7 heteroatoms. The number of amides is 1. The normalized spacial score (nSPS) is 16.8. The first kappa shape index (κ1) is 17.2. The molecule has 3 N–H and O–H groups in total. The average Bonchev–Trinajstić information content (AvgIpc) is 3.10. The second kappa shape index (κ2) is 7.94. The number of benzene rings is 1. The first-order valence-corrected chi connectivity index (χ1v) is 8.42. The molecule has 1 aliphatic rings. The van der Waals surface area contributed by atoms with E-state index in [-0.39, 0.29) is 5.91 Å². The predicted octanol–water partition coefficient (Wildman–Crippen LogP) is 2.32. The number of aromatic nitrogens is 2. The largest absolute Gasteiger partial charge is 0.397 e. The van der Waals surface area contributed by atoms with Crippen molar-refractivity contribution in [3.05, 3.63) is 42.2 Å². The predicted molar refractivity (Wildman–Crippen MR) is 97.7 cm³/mol. The molecule has 2 heterocycles. The van der Waals surface area contributed by atoms with Gasteiger partial charge >= 0.3 is 0 Å². The highest BCUT2D eigenvalue weighted by atomic mass is 16.5. The fraction of sp³-hybridized carbons (Fsp3) is 0.389. The fourth-order valence-electron chi connectivity index (χ4n) is 3.05. The Morgan fingerprint density at radius 1 is 1.36 bits per heavy atom. The minimum Gasteiger partial charge on any atom is -0.397 e. The fourth-order valence-corrected chi connectivity index (χ4v) is 3.05. The number of carbonyl (C=O) groups is 1. The van der Waals surface area contributed by atoms with Crippen LogP contribution in [0.3, 0.4) is 0 Å². The van der Waals surface area contributed by atoms with Crippen LogP contribution in [0.2, 0.25) is 0 Å². The van der Waals surface area contributed by atoms with Crippen molar-refractivity contribution in [3.63, 3.8) is 0 Å². The van der Waals surface area contributed by atoms with Crippen molar-refractivity contribution >= 4 is 23.2 Å². The number of nitrogens with two attached hydrogens (primary N) is 1. The van der Waals surface area contributed by atoms with E-state index in [4.69, 9.17) is 10.5 Å². The van der Waals surface area contributed by atoms with E-state index in [2.05, 4.69) is 20.2 Å². The maximum Gasteiger partial charge on any atom is 0.258 e. The molecule has 1 saturated heterocycles. The van der Waals surface area contributed by atoms with Crippen LogP contribution in [0.5, 0.6) is 0 Å². The van der Waals surface area contributed by atoms with Gasteiger partial charge in [-0.2, -0.15) is 0 Å². The van der Waals surface area contributed by atoms with Crippen molar-refractivity contribution in [1.82, 2.24) is 9.97 Å². The molecule has 132 valence electrons. The number of rotatable bonds is 6. The quantitative estimate of drug-likeness (QED) is 0.783. The molecule has 2 aromatic rings. The summed E-state index contributed by atoms with van der Waals surface area (Å²) in [5.74, 6) is 0.385. The van der Waals surface area contributed by atoms with Crippen LogP contribution in [0.25, 0.3) is 0 Å². The summed E-state index contributed by atoms with van der Waals surface area (Å²) in [6, 6.07) is 7.53. The molecule has 1 aromatic heterocycles. The lowest BCUT2D eigenvalue weighted by molar-refractivity contribution is 0.102. The van der Waals surface area contributed by atoms with Crippen LogP contribution in [0.4, 0.5) is 17.3 Å². The van der Waals surface area contributed by atoms with Crippen molar-refractivity contribution in [1.29, 1.82) is 0 Å². The molecule has 1 aliphatic heterocycles. The van der Waals surface area contributed by atoms with Gasteiger partial charge in [0.2, 0.25) is 5.95 Å². The monoisotopic (exact) mass is 341 g/mol. The maximum atomic E-state index is 12.3. The van der Waals surface area contributed by atoms with Gasteiger partial charge in [0, 0.05) is 38.7 Å². The number of ether oxygens (including phenoxy) is 1. The maximum absolute atomic E-state index is 12.3. The Labute approximate surface area is 147 Å². The zero-order chi connectivity index (χ0) is 17.6. The Morgan fingerprint density at radius 3 is 2.84 bits per heavy atom. The number of anilines is 3. The molecule has 7 nitrogen and oxygen atoms in total. The summed E-state index contributed by atoms with van der Waals surface area (Å²) in [6.45, 7) is 1.65. The van der Waals surface area contributed by atoms with Gasteiger partial charge in [-0.25, -0.2) is 9.97 Å². The summed E-state index contributed by atoms with van der Waals surface area (Å²) in [6.07, 6.45) is 6.30. The molecule has 0 unspecified atom stereocenters. The minimum absolute atomic E-state index is 0.276. The second-order valence-corrected chi connectivity index (χ2v) is 6.08. The number of nitrogens with one attached hydrogen (secondary N) is 1. The second-order valence-electron chi connectivity index (χ2n) is 6.08. The number of carbonyl (C=O) groups excluding carboxylic acids is 1. The SMILES string of the molecule is COCC[C@@H]1CCCN1c1ncc(C(=O)Nc2ccccc2N)cn1. The zero-order valence-electron chi connectivity index (χ0n) is 14.3. The van der Waals surface area contributed by atoms with Crippen molar-refractivity contribution in [3.8, 4) is 0 Å². The van der Waals surface area contributed by atoms with E-state index in [1.54, 1.807) is 31.6 Å². The van der Waals surface area contributed by atoms with Crippen LogP contribution >= 0.6 is 0 Å². The van der Waals surface area contributed by atoms with Crippen LogP contribution in [0, 0.1) is 0 Å². The van der Waals surface area contributed by atoms with Crippen LogP contribution in [0.1, 0.15) is 29.6 Å². The summed E-state index contributed by atoms with van der Waals surface area (Å²) < 4.78 is 5.17. The molecule has 3 rings (SSSR count). The summed E-state index contributed by atoms with van der Waals surface area (Å²) in [5, 5.41) is 2.78. The highest BCUT2D eigenvalue weighted by Gasteiger charge is 2.26. The molecule has 1 fully saturated rings. The van der Waals surface area contributed by atoms with Crippen LogP contribution in [-0.2, 0) is 4.74 Å². The molecule has 0 spiro atoms. The molecule has 0 saturated carbocycles. The van der Waals surface area contributed by atoms with Gasteiger partial charge in [-0.15, -0.1) is 0 Å². The van der Waals surface area contributed by atoms with Crippen molar-refractivity contribution in [2.75, 3.05) is 36.2 Å². The van der Waals surface area contributed by atoms with E-state index in [1.807, 2.05) is 12.1 Å². The van der Waals surface area contributed by atoms with E-state index < -0.39 is 0 Å². The molecule has 1 atom stereocenters. The van der Waals surface area contributed by atoms with Gasteiger partial charge in [-0.1, -0.05) is 12.1 Å². The summed E-state index contributed by atoms with van der Waals surface area (Å²) in [7, 11) is 1.71. The highest BCUT2D eigenvalue weighted by Crippen LogP contribution is 2.24. The van der Waals surface area contributed by atoms with Crippen LogP contribution in [0.15, 0.2) is 36.7 Å². The number of para-hydroxylation sites is 2. The highest BCUT2D eigenvalue weighted by molar-refractivity contribution is 6.05. The lowest BCUT2D eigenvalue weighted by Gasteiger charge is -2.24. The van der Waals surface area contributed by atoms with Gasteiger partial charge in [0.1, 0.15) is 0 Å². The number of hydrogen-bond acceptors (Lipinski definition) is 6. The third kappa shape index (κ3) is 4.06. The third-order valence-electron chi connectivity index (χ3n) is 4.40. The van der Waals surface area contributed by atoms with E-state index in [0.717, 1.165) is 32.4 Å². The molecule has 0 bridgehead atoms. The van der Waals surface area contributed by atoms with Gasteiger partial charge in [-0.05, 0) is 31.4 Å². The van der Waals surface area contributed by atoms with Gasteiger partial charge in [-0.3, -0.25) is 4.79 Å².